The largest absolute Gasteiger partial charge is 0.396 e. The molecule has 1 rings (SSSR count). The number of halogens is 1. The highest BCUT2D eigenvalue weighted by Gasteiger charge is 2.08. The van der Waals surface area contributed by atoms with Gasteiger partial charge in [0, 0.05) is 17.1 Å². The third-order valence-electron chi connectivity index (χ3n) is 2.43. The van der Waals surface area contributed by atoms with Crippen LogP contribution in [0.4, 0.5) is 5.69 Å². The molecule has 0 aliphatic carbocycles. The summed E-state index contributed by atoms with van der Waals surface area (Å²) >= 11 is 3.33. The van der Waals surface area contributed by atoms with E-state index in [0.717, 1.165) is 16.6 Å². The maximum atomic E-state index is 9.00. The molecule has 1 unspecified atom stereocenters. The molecule has 0 heterocycles. The van der Waals surface area contributed by atoms with Crippen LogP contribution in [0, 0.1) is 11.3 Å². The van der Waals surface area contributed by atoms with E-state index in [1.165, 1.54) is 0 Å². The number of nitriles is 1. The molecule has 16 heavy (non-hydrogen) atoms. The van der Waals surface area contributed by atoms with Crippen LogP contribution < -0.4 is 5.32 Å². The molecule has 1 aromatic carbocycles. The second-order valence-corrected chi connectivity index (χ2v) is 4.48. The van der Waals surface area contributed by atoms with Gasteiger partial charge in [-0.1, -0.05) is 22.9 Å². The van der Waals surface area contributed by atoms with Crippen LogP contribution in [0.25, 0.3) is 0 Å². The van der Waals surface area contributed by atoms with E-state index >= 15 is 0 Å². The lowest BCUT2D eigenvalue weighted by Crippen LogP contribution is -2.20. The van der Waals surface area contributed by atoms with Crippen molar-refractivity contribution < 1.29 is 5.11 Å². The predicted octanol–water partition coefficient (Wildman–Crippen LogP) is 2.89. The van der Waals surface area contributed by atoms with Crippen LogP contribution in [-0.2, 0) is 0 Å². The second-order valence-electron chi connectivity index (χ2n) is 3.56. The van der Waals surface area contributed by atoms with Crippen molar-refractivity contribution in [1.82, 2.24) is 0 Å². The first kappa shape index (κ1) is 13.0. The van der Waals surface area contributed by atoms with E-state index in [0.29, 0.717) is 12.0 Å². The maximum absolute atomic E-state index is 9.00. The molecule has 0 radical (unpaired) electrons. The van der Waals surface area contributed by atoms with E-state index in [1.807, 2.05) is 12.1 Å². The van der Waals surface area contributed by atoms with E-state index in [9.17, 15) is 0 Å². The Labute approximate surface area is 104 Å². The predicted molar refractivity (Wildman–Crippen MR) is 68.3 cm³/mol. The van der Waals surface area contributed by atoms with Crippen LogP contribution in [-0.4, -0.2) is 17.8 Å². The van der Waals surface area contributed by atoms with Crippen LogP contribution in [0.2, 0.25) is 0 Å². The van der Waals surface area contributed by atoms with Gasteiger partial charge < -0.3 is 10.4 Å². The van der Waals surface area contributed by atoms with E-state index < -0.39 is 0 Å². The first-order valence-electron chi connectivity index (χ1n) is 5.28. The van der Waals surface area contributed by atoms with Crippen molar-refractivity contribution in [2.24, 2.45) is 0 Å². The molecule has 0 aromatic heterocycles. The van der Waals surface area contributed by atoms with E-state index in [4.69, 9.17) is 10.4 Å². The van der Waals surface area contributed by atoms with Gasteiger partial charge >= 0.3 is 0 Å². The summed E-state index contributed by atoms with van der Waals surface area (Å²) in [4.78, 5) is 0. The minimum atomic E-state index is 0.157. The Bertz CT molecular complexity index is 387. The fourth-order valence-electron chi connectivity index (χ4n) is 1.49. The summed E-state index contributed by atoms with van der Waals surface area (Å²) in [5.74, 6) is 0. The Balaban J connectivity index is 2.83. The van der Waals surface area contributed by atoms with Crippen LogP contribution in [0.15, 0.2) is 22.7 Å². The molecule has 3 nitrogen and oxygen atoms in total. The third kappa shape index (κ3) is 3.51. The fourth-order valence-corrected chi connectivity index (χ4v) is 1.85. The summed E-state index contributed by atoms with van der Waals surface area (Å²) in [6.45, 7) is 2.21. The first-order valence-corrected chi connectivity index (χ1v) is 6.07. The molecule has 4 heteroatoms. The second kappa shape index (κ2) is 6.51. The molecular formula is C12H15BrN2O. The normalized spacial score (nSPS) is 11.9. The first-order chi connectivity index (χ1) is 7.71. The Morgan fingerprint density at radius 2 is 2.31 bits per heavy atom. The molecule has 0 saturated heterocycles. The number of aliphatic hydroxyl groups excluding tert-OH is 1. The molecule has 0 fully saturated rings. The van der Waals surface area contributed by atoms with E-state index in [1.54, 1.807) is 6.07 Å². The van der Waals surface area contributed by atoms with Crippen LogP contribution in [0.1, 0.15) is 25.3 Å². The van der Waals surface area contributed by atoms with Crippen molar-refractivity contribution in [2.45, 2.75) is 25.8 Å². The van der Waals surface area contributed by atoms with Crippen molar-refractivity contribution in [3.63, 3.8) is 0 Å². The monoisotopic (exact) mass is 282 g/mol. The number of anilines is 1. The Kier molecular flexibility index (Phi) is 5.30. The fraction of sp³-hybridized carbons (Fsp3) is 0.417. The summed E-state index contributed by atoms with van der Waals surface area (Å²) in [5.41, 5.74) is 1.44. The Hall–Kier alpha value is -1.05. The lowest BCUT2D eigenvalue weighted by Gasteiger charge is -2.18. The lowest BCUT2D eigenvalue weighted by atomic mass is 10.1. The molecule has 0 aliphatic rings. The zero-order valence-corrected chi connectivity index (χ0v) is 10.8. The maximum Gasteiger partial charge on any atom is 0.101 e. The van der Waals surface area contributed by atoms with Crippen molar-refractivity contribution in [2.75, 3.05) is 11.9 Å². The van der Waals surface area contributed by atoms with Gasteiger partial charge in [-0.25, -0.2) is 0 Å². The average Bonchev–Trinajstić information content (AvgIpc) is 2.30. The van der Waals surface area contributed by atoms with Gasteiger partial charge in [-0.2, -0.15) is 5.26 Å². The van der Waals surface area contributed by atoms with Crippen LogP contribution in [0.5, 0.6) is 0 Å². The number of nitrogens with zero attached hydrogens (tertiary/aromatic N) is 1. The number of benzene rings is 1. The Morgan fingerprint density at radius 1 is 1.56 bits per heavy atom. The van der Waals surface area contributed by atoms with Crippen LogP contribution in [0.3, 0.4) is 0 Å². The summed E-state index contributed by atoms with van der Waals surface area (Å²) in [6, 6.07) is 7.92. The van der Waals surface area contributed by atoms with Gasteiger partial charge in [-0.15, -0.1) is 0 Å². The van der Waals surface area contributed by atoms with E-state index in [2.05, 4.69) is 34.2 Å². The minimum absolute atomic E-state index is 0.157. The number of hydrogen-bond acceptors (Lipinski definition) is 3. The van der Waals surface area contributed by atoms with Gasteiger partial charge in [0.1, 0.15) is 6.07 Å². The molecule has 86 valence electrons. The van der Waals surface area contributed by atoms with Crippen molar-refractivity contribution >= 4 is 21.6 Å². The highest BCUT2D eigenvalue weighted by molar-refractivity contribution is 9.10. The van der Waals surface area contributed by atoms with Crippen LogP contribution >= 0.6 is 15.9 Å². The van der Waals surface area contributed by atoms with Gasteiger partial charge in [0.25, 0.3) is 0 Å². The molecule has 1 aromatic rings. The molecule has 0 saturated carbocycles. The van der Waals surface area contributed by atoms with E-state index in [-0.39, 0.29) is 12.6 Å². The highest BCUT2D eigenvalue weighted by atomic mass is 79.9. The summed E-state index contributed by atoms with van der Waals surface area (Å²) in [7, 11) is 0. The Morgan fingerprint density at radius 3 is 2.88 bits per heavy atom. The number of nitrogens with one attached hydrogen (secondary N) is 1. The molecule has 0 bridgehead atoms. The zero-order valence-electron chi connectivity index (χ0n) is 9.20. The molecule has 0 aliphatic heterocycles. The smallest absolute Gasteiger partial charge is 0.101 e. The summed E-state index contributed by atoms with van der Waals surface area (Å²) < 4.78 is 0.893. The van der Waals surface area contributed by atoms with Gasteiger partial charge in [-0.3, -0.25) is 0 Å². The standard InChI is InChI=1S/C12H15BrN2O/c1-2-11(5-6-16)15-12-4-3-10(13)7-9(12)8-14/h3-4,7,11,15-16H,2,5-6H2,1H3. The highest BCUT2D eigenvalue weighted by Crippen LogP contribution is 2.21. The number of hydrogen-bond donors (Lipinski definition) is 2. The van der Waals surface area contributed by atoms with Gasteiger partial charge in [0.05, 0.1) is 11.3 Å². The van der Waals surface area contributed by atoms with Gasteiger partial charge in [0.15, 0.2) is 0 Å². The van der Waals surface area contributed by atoms with Crippen molar-refractivity contribution in [1.29, 1.82) is 5.26 Å². The number of aliphatic hydroxyl groups is 1. The topological polar surface area (TPSA) is 56.0 Å². The van der Waals surface area contributed by atoms with Gasteiger partial charge in [0.2, 0.25) is 0 Å². The molecule has 1 atom stereocenters. The van der Waals surface area contributed by atoms with Gasteiger partial charge in [-0.05, 0) is 31.0 Å². The molecule has 0 spiro atoms. The minimum Gasteiger partial charge on any atom is -0.396 e. The van der Waals surface area contributed by atoms with Crippen molar-refractivity contribution in [3.05, 3.63) is 28.2 Å². The molecule has 0 amide bonds. The zero-order chi connectivity index (χ0) is 12.0. The van der Waals surface area contributed by atoms with Crippen molar-refractivity contribution in [3.8, 4) is 6.07 Å². The molecule has 2 N–H and O–H groups in total. The quantitative estimate of drug-likeness (QED) is 0.873. The summed E-state index contributed by atoms with van der Waals surface area (Å²) in [5, 5.41) is 21.2. The average molecular weight is 283 g/mol. The molecular weight excluding hydrogens is 268 g/mol. The lowest BCUT2D eigenvalue weighted by molar-refractivity contribution is 0.278. The SMILES string of the molecule is CCC(CCO)Nc1ccc(Br)cc1C#N. The number of rotatable bonds is 5. The third-order valence-corrected chi connectivity index (χ3v) is 2.93. The summed E-state index contributed by atoms with van der Waals surface area (Å²) in [6.07, 6.45) is 1.61.